The largest absolute Gasteiger partial charge is 0.390 e. The Labute approximate surface area is 147 Å². The van der Waals surface area contributed by atoms with Gasteiger partial charge >= 0.3 is 0 Å². The van der Waals surface area contributed by atoms with Crippen LogP contribution in [0.15, 0.2) is 0 Å². The Balaban J connectivity index is 1.56. The molecule has 0 amide bonds. The Morgan fingerprint density at radius 2 is 1.54 bits per heavy atom. The molecule has 4 rings (SSSR count). The van der Waals surface area contributed by atoms with E-state index in [4.69, 9.17) is 0 Å². The molecule has 0 radical (unpaired) electrons. The minimum atomic E-state index is -0.427. The van der Waals surface area contributed by atoms with E-state index in [1.165, 1.54) is 44.9 Å². The topological polar surface area (TPSA) is 37.3 Å². The molecule has 4 aliphatic carbocycles. The molecule has 2 nitrogen and oxygen atoms in total. The second-order valence-electron chi connectivity index (χ2n) is 10.3. The molecule has 0 saturated heterocycles. The lowest BCUT2D eigenvalue weighted by Crippen LogP contribution is -2.48. The first-order chi connectivity index (χ1) is 11.3. The van der Waals surface area contributed by atoms with Gasteiger partial charge in [0, 0.05) is 5.92 Å². The van der Waals surface area contributed by atoms with E-state index in [-0.39, 0.29) is 5.41 Å². The van der Waals surface area contributed by atoms with Gasteiger partial charge in [0.25, 0.3) is 0 Å². The van der Waals surface area contributed by atoms with Crippen LogP contribution < -0.4 is 0 Å². The average molecular weight is 333 g/mol. The average Bonchev–Trinajstić information content (AvgIpc) is 2.80. The van der Waals surface area contributed by atoms with Gasteiger partial charge in [-0.05, 0) is 113 Å². The summed E-state index contributed by atoms with van der Waals surface area (Å²) >= 11 is 0. The second-order valence-corrected chi connectivity index (χ2v) is 10.3. The summed E-state index contributed by atoms with van der Waals surface area (Å²) in [4.78, 5) is 12.2. The summed E-state index contributed by atoms with van der Waals surface area (Å²) in [6.07, 6.45) is 12.3. The summed E-state index contributed by atoms with van der Waals surface area (Å²) in [6, 6.07) is 0. The first-order valence-electron chi connectivity index (χ1n) is 10.5. The molecule has 0 heterocycles. The zero-order valence-electron chi connectivity index (χ0n) is 15.9. The Morgan fingerprint density at radius 3 is 2.29 bits per heavy atom. The lowest BCUT2D eigenvalue weighted by atomic mass is 9.50. The monoisotopic (exact) mass is 332 g/mol. The van der Waals surface area contributed by atoms with Crippen LogP contribution in [0.5, 0.6) is 0 Å². The highest BCUT2D eigenvalue weighted by Crippen LogP contribution is 2.64. The van der Waals surface area contributed by atoms with Crippen molar-refractivity contribution in [3.63, 3.8) is 0 Å². The molecule has 1 N–H and O–H groups in total. The van der Waals surface area contributed by atoms with Crippen molar-refractivity contribution in [2.75, 3.05) is 0 Å². The number of ketones is 1. The van der Waals surface area contributed by atoms with E-state index in [2.05, 4.69) is 6.92 Å². The van der Waals surface area contributed by atoms with Gasteiger partial charge in [0.1, 0.15) is 5.78 Å². The Hall–Kier alpha value is -0.370. The van der Waals surface area contributed by atoms with Crippen LogP contribution in [0.3, 0.4) is 0 Å². The molecular formula is C22H36O2. The number of Topliss-reactive ketones (excluding diaryl/α,β-unsaturated/α-hetero) is 1. The summed E-state index contributed by atoms with van der Waals surface area (Å²) in [5.74, 6) is 5.00. The highest BCUT2D eigenvalue weighted by atomic mass is 16.3. The van der Waals surface area contributed by atoms with Crippen LogP contribution in [0.1, 0.15) is 85.0 Å². The van der Waals surface area contributed by atoms with E-state index in [1.54, 1.807) is 0 Å². The number of rotatable bonds is 1. The van der Waals surface area contributed by atoms with E-state index >= 15 is 0 Å². The third-order valence-electron chi connectivity index (χ3n) is 9.08. The van der Waals surface area contributed by atoms with Crippen LogP contribution in [0.25, 0.3) is 0 Å². The number of carbonyl (C=O) groups is 1. The van der Waals surface area contributed by atoms with Gasteiger partial charge in [0.2, 0.25) is 0 Å². The molecule has 24 heavy (non-hydrogen) atoms. The van der Waals surface area contributed by atoms with Crippen LogP contribution in [0.4, 0.5) is 0 Å². The molecular weight excluding hydrogens is 296 g/mol. The first kappa shape index (κ1) is 17.1. The predicted octanol–water partition coefficient (Wildman–Crippen LogP) is 4.99. The maximum absolute atomic E-state index is 12.2. The minimum Gasteiger partial charge on any atom is -0.390 e. The molecule has 4 aliphatic rings. The number of aliphatic hydroxyl groups is 1. The van der Waals surface area contributed by atoms with Crippen molar-refractivity contribution in [3.8, 4) is 0 Å². The van der Waals surface area contributed by atoms with Crippen molar-refractivity contribution < 1.29 is 9.90 Å². The van der Waals surface area contributed by atoms with Gasteiger partial charge < -0.3 is 5.11 Å². The zero-order valence-corrected chi connectivity index (χ0v) is 15.9. The van der Waals surface area contributed by atoms with Crippen LogP contribution in [0.2, 0.25) is 0 Å². The lowest BCUT2D eigenvalue weighted by molar-refractivity contribution is -0.127. The fourth-order valence-electron chi connectivity index (χ4n) is 7.81. The van der Waals surface area contributed by atoms with Gasteiger partial charge in [0.15, 0.2) is 0 Å². The fourth-order valence-corrected chi connectivity index (χ4v) is 7.81. The minimum absolute atomic E-state index is 0.288. The van der Waals surface area contributed by atoms with Crippen LogP contribution >= 0.6 is 0 Å². The van der Waals surface area contributed by atoms with E-state index in [1.807, 2.05) is 13.8 Å². The van der Waals surface area contributed by atoms with Crippen molar-refractivity contribution >= 4 is 5.78 Å². The molecule has 0 spiro atoms. The van der Waals surface area contributed by atoms with Crippen LogP contribution in [-0.2, 0) is 4.79 Å². The summed E-state index contributed by atoms with van der Waals surface area (Å²) in [5.41, 5.74) is -0.140. The Bertz CT molecular complexity index is 510. The standard InChI is InChI=1S/C22H36O2/c1-14(23)19-6-7-20-18-5-4-15-8-11-21(2,24)12-9-16(15)17(18)10-13-22(19,20)3/h15-20,24H,4-13H2,1-3H3/t15-,16+,17-,18-,19-,20+,21-,22-/m1/s1. The van der Waals surface area contributed by atoms with Gasteiger partial charge in [-0.25, -0.2) is 0 Å². The smallest absolute Gasteiger partial charge is 0.133 e. The van der Waals surface area contributed by atoms with Gasteiger partial charge in [-0.1, -0.05) is 6.92 Å². The van der Waals surface area contributed by atoms with E-state index in [9.17, 15) is 9.90 Å². The highest BCUT2D eigenvalue weighted by Gasteiger charge is 2.57. The van der Waals surface area contributed by atoms with E-state index in [0.717, 1.165) is 48.9 Å². The Kier molecular flexibility index (Phi) is 4.14. The van der Waals surface area contributed by atoms with Crippen LogP contribution in [-0.4, -0.2) is 16.5 Å². The Morgan fingerprint density at radius 1 is 0.833 bits per heavy atom. The second kappa shape index (κ2) is 5.83. The molecule has 136 valence electrons. The molecule has 2 heteroatoms. The summed E-state index contributed by atoms with van der Waals surface area (Å²) < 4.78 is 0. The van der Waals surface area contributed by atoms with Crippen LogP contribution in [0, 0.1) is 40.9 Å². The molecule has 4 saturated carbocycles. The third-order valence-corrected chi connectivity index (χ3v) is 9.08. The molecule has 0 aromatic heterocycles. The number of hydrogen-bond donors (Lipinski definition) is 1. The summed E-state index contributed by atoms with van der Waals surface area (Å²) in [7, 11) is 0. The summed E-state index contributed by atoms with van der Waals surface area (Å²) in [6.45, 7) is 6.32. The molecule has 4 fully saturated rings. The number of hydrogen-bond acceptors (Lipinski definition) is 2. The number of carbonyl (C=O) groups excluding carboxylic acids is 1. The maximum Gasteiger partial charge on any atom is 0.133 e. The van der Waals surface area contributed by atoms with Gasteiger partial charge in [0.05, 0.1) is 5.60 Å². The maximum atomic E-state index is 12.2. The van der Waals surface area contributed by atoms with E-state index in [0.29, 0.717) is 11.7 Å². The number of fused-ring (bicyclic) bond motifs is 5. The molecule has 0 bridgehead atoms. The van der Waals surface area contributed by atoms with Gasteiger partial charge in [-0.2, -0.15) is 0 Å². The van der Waals surface area contributed by atoms with Gasteiger partial charge in [-0.3, -0.25) is 4.79 Å². The third kappa shape index (κ3) is 2.59. The first-order valence-corrected chi connectivity index (χ1v) is 10.5. The summed E-state index contributed by atoms with van der Waals surface area (Å²) in [5, 5.41) is 10.5. The van der Waals surface area contributed by atoms with Crippen molar-refractivity contribution in [2.24, 2.45) is 40.9 Å². The van der Waals surface area contributed by atoms with Crippen molar-refractivity contribution in [1.29, 1.82) is 0 Å². The highest BCUT2D eigenvalue weighted by molar-refractivity contribution is 5.79. The van der Waals surface area contributed by atoms with Crippen molar-refractivity contribution in [2.45, 2.75) is 90.6 Å². The molecule has 0 aromatic carbocycles. The lowest BCUT2D eigenvalue weighted by Gasteiger charge is -2.54. The predicted molar refractivity (Wildman–Crippen MR) is 96.5 cm³/mol. The molecule has 0 aromatic rings. The van der Waals surface area contributed by atoms with Crippen molar-refractivity contribution in [3.05, 3.63) is 0 Å². The van der Waals surface area contributed by atoms with Gasteiger partial charge in [-0.15, -0.1) is 0 Å². The normalized spacial score (nSPS) is 54.3. The van der Waals surface area contributed by atoms with E-state index < -0.39 is 5.60 Å². The fraction of sp³-hybridized carbons (Fsp3) is 0.955. The molecule has 0 unspecified atom stereocenters. The van der Waals surface area contributed by atoms with Crippen molar-refractivity contribution in [1.82, 2.24) is 0 Å². The zero-order chi connectivity index (χ0) is 17.1. The molecule has 0 aliphatic heterocycles. The quantitative estimate of drug-likeness (QED) is 0.735. The SMILES string of the molecule is CC(=O)[C@H]1CC[C@H]2[C@@H]3CC[C@@H]4CC[C@@](C)(O)CC[C@@H]4[C@H]3CC[C@]12C. The molecule has 8 atom stereocenters.